The molecule has 1 aliphatic rings. The van der Waals surface area contributed by atoms with Gasteiger partial charge in [-0.2, -0.15) is 5.10 Å². The van der Waals surface area contributed by atoms with Crippen LogP contribution in [0.15, 0.2) is 5.10 Å². The fourth-order valence-electron chi connectivity index (χ4n) is 1.68. The van der Waals surface area contributed by atoms with Gasteiger partial charge in [0.2, 0.25) is 5.91 Å². The average molecular weight is 275 g/mol. The molecule has 0 aliphatic carbocycles. The van der Waals surface area contributed by atoms with Crippen LogP contribution in [0.5, 0.6) is 0 Å². The van der Waals surface area contributed by atoms with Crippen molar-refractivity contribution < 1.29 is 29.6 Å². The van der Waals surface area contributed by atoms with Gasteiger partial charge in [-0.1, -0.05) is 0 Å². The van der Waals surface area contributed by atoms with Crippen molar-refractivity contribution in [1.82, 2.24) is 5.01 Å². The summed E-state index contributed by atoms with van der Waals surface area (Å²) in [6.45, 7) is 0.576. The van der Waals surface area contributed by atoms with Crippen LogP contribution in [0.2, 0.25) is 0 Å². The Bertz CT molecular complexity index is 374. The molecule has 0 aromatic rings. The van der Waals surface area contributed by atoms with Crippen molar-refractivity contribution in [3.05, 3.63) is 0 Å². The first-order valence-electron chi connectivity index (χ1n) is 5.60. The lowest BCUT2D eigenvalue weighted by atomic mass is 10.1. The van der Waals surface area contributed by atoms with Crippen molar-refractivity contribution in [3.8, 4) is 0 Å². The Morgan fingerprint density at radius 3 is 2.37 bits per heavy atom. The summed E-state index contributed by atoms with van der Waals surface area (Å²) in [4.78, 5) is 21.9. The molecule has 0 saturated carbocycles. The van der Waals surface area contributed by atoms with Gasteiger partial charge >= 0.3 is 0 Å². The van der Waals surface area contributed by atoms with Gasteiger partial charge < -0.3 is 25.8 Å². The number of rotatable bonds is 5. The van der Waals surface area contributed by atoms with E-state index in [0.717, 1.165) is 11.2 Å². The molecule has 1 heterocycles. The molecule has 1 saturated heterocycles. The maximum absolute atomic E-state index is 11.3. The normalized spacial score (nSPS) is 30.7. The highest BCUT2D eigenvalue weighted by atomic mass is 16.6. The van der Waals surface area contributed by atoms with Gasteiger partial charge in [-0.25, -0.2) is 5.01 Å². The average Bonchev–Trinajstić information content (AvgIpc) is 2.61. The van der Waals surface area contributed by atoms with Crippen LogP contribution in [-0.2, 0) is 14.3 Å². The summed E-state index contributed by atoms with van der Waals surface area (Å²) in [5.41, 5.74) is 4.86. The van der Waals surface area contributed by atoms with Crippen molar-refractivity contribution in [2.75, 3.05) is 13.2 Å². The van der Waals surface area contributed by atoms with Crippen LogP contribution < -0.4 is 5.73 Å². The number of amides is 2. The fourth-order valence-corrected chi connectivity index (χ4v) is 1.68. The molecule has 4 atom stereocenters. The number of carbonyl (C=O) groups is 2. The van der Waals surface area contributed by atoms with E-state index in [-0.39, 0.29) is 6.54 Å². The van der Waals surface area contributed by atoms with Crippen molar-refractivity contribution in [2.24, 2.45) is 10.8 Å². The predicted octanol–water partition coefficient (Wildman–Crippen LogP) is -3.21. The highest BCUT2D eigenvalue weighted by molar-refractivity contribution is 6.25. The zero-order valence-corrected chi connectivity index (χ0v) is 10.3. The van der Waals surface area contributed by atoms with Crippen LogP contribution in [0.1, 0.15) is 6.92 Å². The van der Waals surface area contributed by atoms with Crippen LogP contribution in [-0.4, -0.2) is 75.9 Å². The second-order valence-electron chi connectivity index (χ2n) is 4.12. The molecule has 4 unspecified atom stereocenters. The maximum atomic E-state index is 11.3. The summed E-state index contributed by atoms with van der Waals surface area (Å²) in [5.74, 6) is -1.32. The third kappa shape index (κ3) is 3.96. The molecule has 0 aromatic heterocycles. The first kappa shape index (κ1) is 15.5. The maximum Gasteiger partial charge on any atom is 0.261 e. The summed E-state index contributed by atoms with van der Waals surface area (Å²) in [7, 11) is 0. The van der Waals surface area contributed by atoms with Crippen LogP contribution in [0.4, 0.5) is 0 Å². The lowest BCUT2D eigenvalue weighted by molar-refractivity contribution is -0.131. The number of nitrogens with zero attached hydrogens (tertiary/aromatic N) is 2. The number of hydrazone groups is 1. The monoisotopic (exact) mass is 275 g/mol. The van der Waals surface area contributed by atoms with E-state index in [1.807, 2.05) is 0 Å². The standard InChI is InChI=1S/C10H17N3O6/c1-5(15)13(12-2-8(11)16)3-6-9(17)10(18)7(4-14)19-6/h2,6-7,9-10,14,17-18H,3-4H2,1H3,(H2,11,16)/b12-2-. The van der Waals surface area contributed by atoms with Crippen LogP contribution in [0, 0.1) is 0 Å². The second kappa shape index (κ2) is 6.57. The van der Waals surface area contributed by atoms with Gasteiger partial charge in [-0.15, -0.1) is 0 Å². The van der Waals surface area contributed by atoms with E-state index in [4.69, 9.17) is 15.6 Å². The molecule has 19 heavy (non-hydrogen) atoms. The van der Waals surface area contributed by atoms with E-state index in [0.29, 0.717) is 0 Å². The molecule has 108 valence electrons. The topological polar surface area (TPSA) is 146 Å². The summed E-state index contributed by atoms with van der Waals surface area (Å²) >= 11 is 0. The van der Waals surface area contributed by atoms with E-state index in [1.165, 1.54) is 6.92 Å². The number of hydrogen-bond donors (Lipinski definition) is 4. The van der Waals surface area contributed by atoms with Gasteiger partial charge in [0, 0.05) is 6.92 Å². The fraction of sp³-hybridized carbons (Fsp3) is 0.700. The predicted molar refractivity (Wildman–Crippen MR) is 62.8 cm³/mol. The van der Waals surface area contributed by atoms with E-state index in [1.54, 1.807) is 0 Å². The van der Waals surface area contributed by atoms with Gasteiger partial charge in [0.25, 0.3) is 5.91 Å². The molecule has 0 radical (unpaired) electrons. The molecule has 2 amide bonds. The number of aliphatic hydroxyl groups excluding tert-OH is 3. The third-order valence-corrected chi connectivity index (χ3v) is 2.68. The van der Waals surface area contributed by atoms with Gasteiger partial charge in [-0.3, -0.25) is 9.59 Å². The highest BCUT2D eigenvalue weighted by Crippen LogP contribution is 2.21. The van der Waals surface area contributed by atoms with Crippen molar-refractivity contribution in [2.45, 2.75) is 31.3 Å². The molecule has 1 rings (SSSR count). The third-order valence-electron chi connectivity index (χ3n) is 2.68. The molecule has 5 N–H and O–H groups in total. The van der Waals surface area contributed by atoms with E-state index >= 15 is 0 Å². The molecule has 0 aromatic carbocycles. The Kier molecular flexibility index (Phi) is 5.36. The summed E-state index contributed by atoms with van der Waals surface area (Å²) < 4.78 is 5.19. The molecule has 9 heteroatoms. The lowest BCUT2D eigenvalue weighted by Gasteiger charge is -2.21. The van der Waals surface area contributed by atoms with Crippen molar-refractivity contribution in [3.63, 3.8) is 0 Å². The van der Waals surface area contributed by atoms with E-state index < -0.39 is 42.8 Å². The SMILES string of the molecule is CC(=O)N(CC1OC(CO)C(O)C1O)/N=C\C(N)=O. The van der Waals surface area contributed by atoms with Crippen LogP contribution in [0.25, 0.3) is 0 Å². The Hall–Kier alpha value is -1.55. The molecule has 1 aliphatic heterocycles. The number of hydrogen-bond acceptors (Lipinski definition) is 7. The van der Waals surface area contributed by atoms with E-state index in [9.17, 15) is 19.8 Å². The Morgan fingerprint density at radius 1 is 1.37 bits per heavy atom. The molecule has 1 fully saturated rings. The summed E-state index contributed by atoms with van der Waals surface area (Å²) in [6.07, 6.45) is -3.59. The van der Waals surface area contributed by atoms with Gasteiger partial charge in [0.05, 0.1) is 13.2 Å². The Morgan fingerprint density at radius 2 is 1.95 bits per heavy atom. The van der Waals surface area contributed by atoms with Gasteiger partial charge in [0.15, 0.2) is 0 Å². The molecular weight excluding hydrogens is 258 g/mol. The first-order chi connectivity index (χ1) is 8.86. The van der Waals surface area contributed by atoms with Gasteiger partial charge in [0.1, 0.15) is 30.6 Å². The number of primary amides is 1. The number of carbonyl (C=O) groups excluding carboxylic acids is 2. The van der Waals surface area contributed by atoms with E-state index in [2.05, 4.69) is 5.10 Å². The minimum Gasteiger partial charge on any atom is -0.394 e. The number of nitrogens with two attached hydrogens (primary N) is 1. The van der Waals surface area contributed by atoms with Crippen LogP contribution >= 0.6 is 0 Å². The summed E-state index contributed by atoms with van der Waals surface area (Å²) in [6, 6.07) is 0. The molecular formula is C10H17N3O6. The zero-order valence-electron chi connectivity index (χ0n) is 10.3. The van der Waals surface area contributed by atoms with Crippen molar-refractivity contribution >= 4 is 18.0 Å². The first-order valence-corrected chi connectivity index (χ1v) is 5.60. The van der Waals surface area contributed by atoms with Gasteiger partial charge in [-0.05, 0) is 0 Å². The minimum absolute atomic E-state index is 0.173. The minimum atomic E-state index is -1.26. The number of ether oxygens (including phenoxy) is 1. The molecule has 9 nitrogen and oxygen atoms in total. The molecule has 0 bridgehead atoms. The highest BCUT2D eigenvalue weighted by Gasteiger charge is 2.43. The second-order valence-corrected chi connectivity index (χ2v) is 4.12. The molecule has 0 spiro atoms. The largest absolute Gasteiger partial charge is 0.394 e. The smallest absolute Gasteiger partial charge is 0.261 e. The van der Waals surface area contributed by atoms with Crippen LogP contribution in [0.3, 0.4) is 0 Å². The quantitative estimate of drug-likeness (QED) is 0.307. The summed E-state index contributed by atoms with van der Waals surface area (Å²) in [5, 5.41) is 32.6. The van der Waals surface area contributed by atoms with Crippen molar-refractivity contribution in [1.29, 1.82) is 0 Å². The zero-order chi connectivity index (χ0) is 14.6. The number of aliphatic hydroxyl groups is 3. The Balaban J connectivity index is 2.70. The Labute approximate surface area is 109 Å². The lowest BCUT2D eigenvalue weighted by Crippen LogP contribution is -2.40.